The lowest BCUT2D eigenvalue weighted by Crippen LogP contribution is -2.15. The molecule has 0 aromatic carbocycles. The van der Waals surface area contributed by atoms with Gasteiger partial charge in [0.25, 0.3) is 5.91 Å². The molecule has 0 unspecified atom stereocenters. The Bertz CT molecular complexity index is 623. The summed E-state index contributed by atoms with van der Waals surface area (Å²) < 4.78 is 0. The van der Waals surface area contributed by atoms with Crippen LogP contribution in [0.5, 0.6) is 0 Å². The molecular formula is C13H15N5OS. The van der Waals surface area contributed by atoms with Crippen molar-refractivity contribution >= 4 is 28.2 Å². The fourth-order valence-corrected chi connectivity index (χ4v) is 2.60. The lowest BCUT2D eigenvalue weighted by atomic mass is 10.3. The molecule has 2 N–H and O–H groups in total. The van der Waals surface area contributed by atoms with Crippen LogP contribution in [0, 0.1) is 0 Å². The second-order valence-corrected chi connectivity index (χ2v) is 5.48. The lowest BCUT2D eigenvalue weighted by Gasteiger charge is -2.04. The fourth-order valence-electron chi connectivity index (χ4n) is 1.81. The molecule has 20 heavy (non-hydrogen) atoms. The van der Waals surface area contributed by atoms with E-state index in [0.29, 0.717) is 16.9 Å². The maximum Gasteiger partial charge on any atom is 0.277 e. The third kappa shape index (κ3) is 2.93. The fraction of sp³-hybridized carbons (Fsp3) is 0.385. The standard InChI is InChI=1S/C13H15N5OS/c1-2-15-11-6-14-5-9(16-11)12(19)18-13-17-10(7-20-13)8-3-4-8/h5-8H,2-4H2,1H3,(H,15,16)(H,17,18,19). The van der Waals surface area contributed by atoms with E-state index in [-0.39, 0.29) is 11.6 Å². The molecule has 0 atom stereocenters. The van der Waals surface area contributed by atoms with Gasteiger partial charge in [0.1, 0.15) is 11.5 Å². The van der Waals surface area contributed by atoms with Crippen molar-refractivity contribution in [2.45, 2.75) is 25.7 Å². The number of rotatable bonds is 5. The third-order valence-electron chi connectivity index (χ3n) is 2.96. The summed E-state index contributed by atoms with van der Waals surface area (Å²) in [6.45, 7) is 2.69. The number of hydrogen-bond donors (Lipinski definition) is 2. The minimum absolute atomic E-state index is 0.283. The van der Waals surface area contributed by atoms with Crippen LogP contribution in [0.4, 0.5) is 10.9 Å². The summed E-state index contributed by atoms with van der Waals surface area (Å²) in [6, 6.07) is 0. The van der Waals surface area contributed by atoms with E-state index in [1.54, 1.807) is 6.20 Å². The first kappa shape index (κ1) is 13.0. The molecule has 0 aliphatic heterocycles. The second kappa shape index (κ2) is 5.54. The van der Waals surface area contributed by atoms with Crippen molar-refractivity contribution in [1.82, 2.24) is 15.0 Å². The number of thiazole rings is 1. The summed E-state index contributed by atoms with van der Waals surface area (Å²) in [4.78, 5) is 24.7. The molecule has 1 amide bonds. The number of nitrogens with one attached hydrogen (secondary N) is 2. The molecule has 104 valence electrons. The number of anilines is 2. The predicted octanol–water partition coefficient (Wildman–Crippen LogP) is 2.49. The van der Waals surface area contributed by atoms with Crippen molar-refractivity contribution < 1.29 is 4.79 Å². The molecule has 2 aromatic rings. The third-order valence-corrected chi connectivity index (χ3v) is 3.74. The second-order valence-electron chi connectivity index (χ2n) is 4.63. The monoisotopic (exact) mass is 289 g/mol. The van der Waals surface area contributed by atoms with E-state index >= 15 is 0 Å². The van der Waals surface area contributed by atoms with E-state index in [1.165, 1.54) is 30.4 Å². The van der Waals surface area contributed by atoms with E-state index in [9.17, 15) is 4.79 Å². The Morgan fingerprint density at radius 2 is 2.25 bits per heavy atom. The van der Waals surface area contributed by atoms with Gasteiger partial charge in [-0.1, -0.05) is 0 Å². The van der Waals surface area contributed by atoms with Crippen LogP contribution in [0.3, 0.4) is 0 Å². The highest BCUT2D eigenvalue weighted by Crippen LogP contribution is 2.40. The molecule has 2 heterocycles. The minimum atomic E-state index is -0.283. The van der Waals surface area contributed by atoms with Gasteiger partial charge in [-0.2, -0.15) is 0 Å². The Kier molecular flexibility index (Phi) is 3.60. The maximum absolute atomic E-state index is 12.1. The number of aromatic nitrogens is 3. The zero-order valence-corrected chi connectivity index (χ0v) is 11.9. The maximum atomic E-state index is 12.1. The molecule has 7 heteroatoms. The number of nitrogens with zero attached hydrogens (tertiary/aromatic N) is 3. The van der Waals surface area contributed by atoms with Crippen LogP contribution in [0.2, 0.25) is 0 Å². The molecule has 0 radical (unpaired) electrons. The summed E-state index contributed by atoms with van der Waals surface area (Å²) >= 11 is 1.45. The van der Waals surface area contributed by atoms with Gasteiger partial charge in [0.15, 0.2) is 5.13 Å². The van der Waals surface area contributed by atoms with Crippen molar-refractivity contribution in [2.24, 2.45) is 0 Å². The smallest absolute Gasteiger partial charge is 0.277 e. The van der Waals surface area contributed by atoms with Gasteiger partial charge in [-0.25, -0.2) is 9.97 Å². The van der Waals surface area contributed by atoms with E-state index in [2.05, 4.69) is 25.6 Å². The van der Waals surface area contributed by atoms with Gasteiger partial charge in [-0.3, -0.25) is 15.1 Å². The summed E-state index contributed by atoms with van der Waals surface area (Å²) in [5.41, 5.74) is 1.37. The zero-order chi connectivity index (χ0) is 13.9. The van der Waals surface area contributed by atoms with Crippen LogP contribution >= 0.6 is 11.3 Å². The van der Waals surface area contributed by atoms with Crippen LogP contribution in [0.1, 0.15) is 41.9 Å². The highest BCUT2D eigenvalue weighted by atomic mass is 32.1. The predicted molar refractivity (Wildman–Crippen MR) is 78.2 cm³/mol. The molecule has 0 spiro atoms. The van der Waals surface area contributed by atoms with E-state index < -0.39 is 0 Å². The summed E-state index contributed by atoms with van der Waals surface area (Å²) in [6.07, 6.45) is 5.45. The van der Waals surface area contributed by atoms with E-state index in [4.69, 9.17) is 0 Å². The number of carbonyl (C=O) groups is 1. The average molecular weight is 289 g/mol. The summed E-state index contributed by atoms with van der Waals surface area (Å²) in [7, 11) is 0. The lowest BCUT2D eigenvalue weighted by molar-refractivity contribution is 0.102. The highest BCUT2D eigenvalue weighted by Gasteiger charge is 2.26. The van der Waals surface area contributed by atoms with Crippen LogP contribution in [0.15, 0.2) is 17.8 Å². The first-order valence-electron chi connectivity index (χ1n) is 6.59. The van der Waals surface area contributed by atoms with E-state index in [0.717, 1.165) is 12.2 Å². The number of hydrogen-bond acceptors (Lipinski definition) is 6. The number of carbonyl (C=O) groups excluding carboxylic acids is 1. The molecule has 0 saturated heterocycles. The van der Waals surface area contributed by atoms with Crippen LogP contribution in [-0.2, 0) is 0 Å². The van der Waals surface area contributed by atoms with Crippen LogP contribution in [-0.4, -0.2) is 27.4 Å². The molecule has 2 aromatic heterocycles. The Balaban J connectivity index is 1.69. The Labute approximate surface area is 120 Å². The van der Waals surface area contributed by atoms with Crippen molar-refractivity contribution in [2.75, 3.05) is 17.2 Å². The zero-order valence-electron chi connectivity index (χ0n) is 11.1. The van der Waals surface area contributed by atoms with Gasteiger partial charge in [-0.15, -0.1) is 11.3 Å². The van der Waals surface area contributed by atoms with E-state index in [1.807, 2.05) is 12.3 Å². The van der Waals surface area contributed by atoms with Crippen molar-refractivity contribution in [1.29, 1.82) is 0 Å². The van der Waals surface area contributed by atoms with Crippen molar-refractivity contribution in [3.8, 4) is 0 Å². The van der Waals surface area contributed by atoms with Crippen LogP contribution in [0.25, 0.3) is 0 Å². The van der Waals surface area contributed by atoms with Gasteiger partial charge in [-0.05, 0) is 19.8 Å². The van der Waals surface area contributed by atoms with Gasteiger partial charge in [0.2, 0.25) is 0 Å². The Morgan fingerprint density at radius 1 is 1.40 bits per heavy atom. The molecule has 0 bridgehead atoms. The molecule has 1 saturated carbocycles. The molecule has 6 nitrogen and oxygen atoms in total. The van der Waals surface area contributed by atoms with Crippen LogP contribution < -0.4 is 10.6 Å². The Hall–Kier alpha value is -2.02. The first-order chi connectivity index (χ1) is 9.76. The normalized spacial score (nSPS) is 14.1. The minimum Gasteiger partial charge on any atom is -0.369 e. The van der Waals surface area contributed by atoms with Gasteiger partial charge in [0, 0.05) is 17.8 Å². The van der Waals surface area contributed by atoms with Gasteiger partial charge in [0.05, 0.1) is 18.1 Å². The topological polar surface area (TPSA) is 79.8 Å². The van der Waals surface area contributed by atoms with Gasteiger partial charge >= 0.3 is 0 Å². The molecule has 1 aliphatic rings. The summed E-state index contributed by atoms with van der Waals surface area (Å²) in [5, 5.41) is 8.42. The SMILES string of the molecule is CCNc1cncc(C(=O)Nc2nc(C3CC3)cs2)n1. The molecule has 1 fully saturated rings. The van der Waals surface area contributed by atoms with Crippen molar-refractivity contribution in [3.05, 3.63) is 29.2 Å². The largest absolute Gasteiger partial charge is 0.369 e. The molecular weight excluding hydrogens is 274 g/mol. The highest BCUT2D eigenvalue weighted by molar-refractivity contribution is 7.14. The van der Waals surface area contributed by atoms with Gasteiger partial charge < -0.3 is 5.32 Å². The van der Waals surface area contributed by atoms with Crippen molar-refractivity contribution in [3.63, 3.8) is 0 Å². The number of amides is 1. The molecule has 1 aliphatic carbocycles. The Morgan fingerprint density at radius 3 is 3.00 bits per heavy atom. The first-order valence-corrected chi connectivity index (χ1v) is 7.47. The average Bonchev–Trinajstić information content (AvgIpc) is 3.20. The quantitative estimate of drug-likeness (QED) is 0.884. The molecule has 3 rings (SSSR count). The summed E-state index contributed by atoms with van der Waals surface area (Å²) in [5.74, 6) is 0.903.